The Morgan fingerprint density at radius 1 is 1.07 bits per heavy atom. The Morgan fingerprint density at radius 3 is 2.56 bits per heavy atom. The van der Waals surface area contributed by atoms with E-state index in [4.69, 9.17) is 21.4 Å². The minimum Gasteiger partial charge on any atom is -0.492 e. The van der Waals surface area contributed by atoms with Gasteiger partial charge in [-0.15, -0.1) is 0 Å². The molecule has 0 aliphatic rings. The maximum atomic E-state index is 13.2. The van der Waals surface area contributed by atoms with Crippen LogP contribution in [0.3, 0.4) is 0 Å². The number of hydrogen-bond acceptors (Lipinski definition) is 3. The van der Waals surface area contributed by atoms with Crippen LogP contribution in [-0.2, 0) is 13.1 Å². The second-order valence-corrected chi connectivity index (χ2v) is 6.31. The molecule has 27 heavy (non-hydrogen) atoms. The van der Waals surface area contributed by atoms with E-state index in [1.165, 1.54) is 12.1 Å². The number of nitrogens with one attached hydrogen (secondary N) is 1. The molecule has 0 spiro atoms. The molecule has 6 heteroatoms. The van der Waals surface area contributed by atoms with E-state index in [1.807, 2.05) is 48.2 Å². The molecule has 0 unspecified atom stereocenters. The van der Waals surface area contributed by atoms with Crippen LogP contribution in [-0.4, -0.2) is 16.6 Å². The smallest absolute Gasteiger partial charge is 0.174 e. The first kappa shape index (κ1) is 18.9. The minimum atomic E-state index is -0.261. The van der Waals surface area contributed by atoms with Gasteiger partial charge in [-0.2, -0.15) is 0 Å². The van der Waals surface area contributed by atoms with Crippen molar-refractivity contribution in [2.45, 2.75) is 20.0 Å². The Labute approximate surface area is 163 Å². The van der Waals surface area contributed by atoms with E-state index < -0.39 is 0 Å². The van der Waals surface area contributed by atoms with E-state index >= 15 is 0 Å². The Morgan fingerprint density at radius 2 is 1.85 bits per heavy atom. The third-order valence-electron chi connectivity index (χ3n) is 3.93. The lowest BCUT2D eigenvalue weighted by atomic mass is 10.2. The molecule has 1 N–H and O–H groups in total. The van der Waals surface area contributed by atoms with Gasteiger partial charge in [-0.05, 0) is 61.1 Å². The van der Waals surface area contributed by atoms with Crippen LogP contribution in [0.4, 0.5) is 10.1 Å². The van der Waals surface area contributed by atoms with Crippen molar-refractivity contribution < 1.29 is 13.5 Å². The van der Waals surface area contributed by atoms with Gasteiger partial charge in [0.1, 0.15) is 17.3 Å². The Bertz CT molecular complexity index is 866. The zero-order valence-corrected chi connectivity index (χ0v) is 15.8. The van der Waals surface area contributed by atoms with Crippen molar-refractivity contribution in [1.82, 2.24) is 4.90 Å². The number of nitrogens with zero attached hydrogens (tertiary/aromatic N) is 1. The van der Waals surface area contributed by atoms with E-state index in [-0.39, 0.29) is 5.82 Å². The van der Waals surface area contributed by atoms with Gasteiger partial charge in [0.2, 0.25) is 0 Å². The maximum Gasteiger partial charge on any atom is 0.174 e. The van der Waals surface area contributed by atoms with Crippen molar-refractivity contribution in [2.24, 2.45) is 0 Å². The fourth-order valence-corrected chi connectivity index (χ4v) is 2.88. The summed E-state index contributed by atoms with van der Waals surface area (Å²) in [6, 6.07) is 17.8. The Balaban J connectivity index is 1.78. The second-order valence-electron chi connectivity index (χ2n) is 5.92. The van der Waals surface area contributed by atoms with Crippen LogP contribution in [0.2, 0.25) is 0 Å². The van der Waals surface area contributed by atoms with Gasteiger partial charge in [0.05, 0.1) is 25.1 Å². The number of para-hydroxylation sites is 2. The highest BCUT2D eigenvalue weighted by Gasteiger charge is 2.15. The summed E-state index contributed by atoms with van der Waals surface area (Å²) in [5.74, 6) is 1.27. The average molecular weight is 384 g/mol. The Kier molecular flexibility index (Phi) is 6.44. The summed E-state index contributed by atoms with van der Waals surface area (Å²) in [5, 5.41) is 3.79. The van der Waals surface area contributed by atoms with Crippen LogP contribution >= 0.6 is 12.2 Å². The fraction of sp³-hybridized carbons (Fsp3) is 0.190. The quantitative estimate of drug-likeness (QED) is 0.566. The van der Waals surface area contributed by atoms with E-state index in [1.54, 1.807) is 18.4 Å². The molecule has 0 aliphatic heterocycles. The lowest BCUT2D eigenvalue weighted by Gasteiger charge is -2.26. The van der Waals surface area contributed by atoms with Crippen molar-refractivity contribution in [3.05, 3.63) is 84.1 Å². The molecule has 3 rings (SSSR count). The molecule has 2 aromatic carbocycles. The van der Waals surface area contributed by atoms with Crippen LogP contribution in [0.15, 0.2) is 71.3 Å². The first-order valence-electron chi connectivity index (χ1n) is 8.70. The standard InChI is InChI=1S/C21H21FN2O2S/c1-2-25-20-8-4-3-7-19(20)23-21(27)24(15-18-6-5-13-26-18)14-16-9-11-17(22)12-10-16/h3-13H,2,14-15H2,1H3,(H,23,27). The monoisotopic (exact) mass is 384 g/mol. The van der Waals surface area contributed by atoms with E-state index in [0.29, 0.717) is 24.8 Å². The van der Waals surface area contributed by atoms with Crippen LogP contribution in [0.25, 0.3) is 0 Å². The first-order valence-corrected chi connectivity index (χ1v) is 9.11. The van der Waals surface area contributed by atoms with Crippen LogP contribution < -0.4 is 10.1 Å². The number of anilines is 1. The lowest BCUT2D eigenvalue weighted by Crippen LogP contribution is -2.33. The molecule has 0 radical (unpaired) electrons. The van der Waals surface area contributed by atoms with Gasteiger partial charge in [0, 0.05) is 6.54 Å². The number of ether oxygens (including phenoxy) is 1. The summed E-state index contributed by atoms with van der Waals surface area (Å²) < 4.78 is 24.3. The SMILES string of the molecule is CCOc1ccccc1NC(=S)N(Cc1ccc(F)cc1)Cc1ccco1. The molecule has 1 heterocycles. The molecule has 3 aromatic rings. The predicted molar refractivity (Wildman–Crippen MR) is 108 cm³/mol. The molecule has 0 bridgehead atoms. The number of thiocarbonyl (C=S) groups is 1. The van der Waals surface area contributed by atoms with Gasteiger partial charge >= 0.3 is 0 Å². The molecule has 0 amide bonds. The molecule has 1 aromatic heterocycles. The fourth-order valence-electron chi connectivity index (χ4n) is 2.65. The summed E-state index contributed by atoms with van der Waals surface area (Å²) in [6.45, 7) is 3.51. The Hall–Kier alpha value is -2.86. The van der Waals surface area contributed by atoms with Crippen LogP contribution in [0, 0.1) is 5.82 Å². The van der Waals surface area contributed by atoms with E-state index in [0.717, 1.165) is 22.8 Å². The number of rotatable bonds is 7. The van der Waals surface area contributed by atoms with E-state index in [2.05, 4.69) is 5.32 Å². The summed E-state index contributed by atoms with van der Waals surface area (Å²) in [7, 11) is 0. The summed E-state index contributed by atoms with van der Waals surface area (Å²) in [5.41, 5.74) is 1.75. The predicted octanol–water partition coefficient (Wildman–Crippen LogP) is 5.22. The van der Waals surface area contributed by atoms with Crippen LogP contribution in [0.5, 0.6) is 5.75 Å². The molecule has 0 fully saturated rings. The normalized spacial score (nSPS) is 10.4. The third-order valence-corrected chi connectivity index (χ3v) is 4.29. The van der Waals surface area contributed by atoms with E-state index in [9.17, 15) is 4.39 Å². The number of benzene rings is 2. The highest BCUT2D eigenvalue weighted by molar-refractivity contribution is 7.80. The van der Waals surface area contributed by atoms with Crippen molar-refractivity contribution in [3.8, 4) is 5.75 Å². The molecule has 140 valence electrons. The zero-order chi connectivity index (χ0) is 19.1. The molecular formula is C21H21FN2O2S. The lowest BCUT2D eigenvalue weighted by molar-refractivity contribution is 0.341. The molecule has 0 saturated carbocycles. The van der Waals surface area contributed by atoms with Crippen LogP contribution in [0.1, 0.15) is 18.2 Å². The largest absolute Gasteiger partial charge is 0.492 e. The van der Waals surface area contributed by atoms with Gasteiger partial charge in [-0.3, -0.25) is 0 Å². The van der Waals surface area contributed by atoms with Gasteiger partial charge in [-0.1, -0.05) is 24.3 Å². The number of halogens is 1. The molecular weight excluding hydrogens is 363 g/mol. The van der Waals surface area contributed by atoms with Gasteiger partial charge in [0.15, 0.2) is 5.11 Å². The molecule has 0 saturated heterocycles. The van der Waals surface area contributed by atoms with Crippen molar-refractivity contribution in [2.75, 3.05) is 11.9 Å². The first-order chi connectivity index (χ1) is 13.2. The van der Waals surface area contributed by atoms with Crippen molar-refractivity contribution in [3.63, 3.8) is 0 Å². The number of hydrogen-bond donors (Lipinski definition) is 1. The molecule has 0 aliphatic carbocycles. The molecule has 0 atom stereocenters. The summed E-state index contributed by atoms with van der Waals surface area (Å²) >= 11 is 5.64. The van der Waals surface area contributed by atoms with Crippen molar-refractivity contribution in [1.29, 1.82) is 0 Å². The maximum absolute atomic E-state index is 13.2. The third kappa shape index (κ3) is 5.31. The topological polar surface area (TPSA) is 37.6 Å². The van der Waals surface area contributed by atoms with Gasteiger partial charge in [-0.25, -0.2) is 4.39 Å². The van der Waals surface area contributed by atoms with Gasteiger partial charge in [0.25, 0.3) is 0 Å². The highest BCUT2D eigenvalue weighted by atomic mass is 32.1. The highest BCUT2D eigenvalue weighted by Crippen LogP contribution is 2.24. The van der Waals surface area contributed by atoms with Crippen molar-refractivity contribution >= 4 is 23.0 Å². The van der Waals surface area contributed by atoms with Gasteiger partial charge < -0.3 is 19.4 Å². The molecule has 4 nitrogen and oxygen atoms in total. The summed E-state index contributed by atoms with van der Waals surface area (Å²) in [4.78, 5) is 1.96. The second kappa shape index (κ2) is 9.19. The minimum absolute atomic E-state index is 0.261. The number of furan rings is 1. The zero-order valence-electron chi connectivity index (χ0n) is 15.0. The summed E-state index contributed by atoms with van der Waals surface area (Å²) in [6.07, 6.45) is 1.63. The average Bonchev–Trinajstić information content (AvgIpc) is 3.18.